The molecule has 0 aromatic heterocycles. The molecule has 0 unspecified atom stereocenters. The summed E-state index contributed by atoms with van der Waals surface area (Å²) < 4.78 is 0. The smallest absolute Gasteiger partial charge is 0.261 e. The van der Waals surface area contributed by atoms with E-state index in [-0.39, 0.29) is 17.6 Å². The van der Waals surface area contributed by atoms with Crippen LogP contribution in [0.15, 0.2) is 42.5 Å². The van der Waals surface area contributed by atoms with E-state index in [0.29, 0.717) is 36.9 Å². The van der Waals surface area contributed by atoms with Crippen LogP contribution in [0, 0.1) is 13.8 Å². The molecule has 2 aromatic rings. The third-order valence-corrected chi connectivity index (χ3v) is 4.46. The van der Waals surface area contributed by atoms with E-state index in [9.17, 15) is 14.4 Å². The summed E-state index contributed by atoms with van der Waals surface area (Å²) in [5.74, 6) is -0.364. The van der Waals surface area contributed by atoms with E-state index in [1.165, 1.54) is 4.90 Å². The number of nitrogens with zero attached hydrogens (tertiary/aromatic N) is 1. The maximum Gasteiger partial charge on any atom is 0.261 e. The molecule has 1 aliphatic heterocycles. The van der Waals surface area contributed by atoms with Crippen molar-refractivity contribution in [1.29, 1.82) is 0 Å². The van der Waals surface area contributed by atoms with Gasteiger partial charge in [-0.1, -0.05) is 29.3 Å². The van der Waals surface area contributed by atoms with E-state index in [4.69, 9.17) is 0 Å². The molecule has 4 heteroatoms. The number of amides is 2. The number of hydrogen-bond donors (Lipinski definition) is 0. The zero-order valence-corrected chi connectivity index (χ0v) is 14.5. The van der Waals surface area contributed by atoms with Gasteiger partial charge in [0, 0.05) is 18.5 Å². The van der Waals surface area contributed by atoms with Crippen molar-refractivity contribution in [2.24, 2.45) is 0 Å². The maximum absolute atomic E-state index is 12.3. The number of aryl methyl sites for hydroxylation is 2. The number of ketones is 1. The van der Waals surface area contributed by atoms with Gasteiger partial charge in [0.25, 0.3) is 11.8 Å². The molecule has 0 saturated carbocycles. The van der Waals surface area contributed by atoms with Gasteiger partial charge < -0.3 is 0 Å². The van der Waals surface area contributed by atoms with E-state index >= 15 is 0 Å². The molecule has 0 radical (unpaired) electrons. The van der Waals surface area contributed by atoms with Crippen LogP contribution in [-0.4, -0.2) is 29.0 Å². The number of fused-ring (bicyclic) bond motifs is 1. The first-order valence-corrected chi connectivity index (χ1v) is 8.54. The van der Waals surface area contributed by atoms with Gasteiger partial charge in [-0.05, 0) is 51.0 Å². The summed E-state index contributed by atoms with van der Waals surface area (Å²) in [5.41, 5.74) is 3.83. The lowest BCUT2D eigenvalue weighted by Gasteiger charge is -2.13. The van der Waals surface area contributed by atoms with Gasteiger partial charge in [-0.15, -0.1) is 0 Å². The van der Waals surface area contributed by atoms with Gasteiger partial charge in [0.2, 0.25) is 0 Å². The minimum absolute atomic E-state index is 0.106. The Morgan fingerprint density at radius 2 is 1.44 bits per heavy atom. The molecule has 2 aromatic carbocycles. The summed E-state index contributed by atoms with van der Waals surface area (Å²) in [5, 5.41) is 0. The third-order valence-electron chi connectivity index (χ3n) is 4.46. The number of benzene rings is 2. The summed E-state index contributed by atoms with van der Waals surface area (Å²) in [4.78, 5) is 38.1. The average molecular weight is 335 g/mol. The van der Waals surface area contributed by atoms with Crippen LogP contribution in [0.3, 0.4) is 0 Å². The topological polar surface area (TPSA) is 54.5 Å². The monoisotopic (exact) mass is 335 g/mol. The van der Waals surface area contributed by atoms with Crippen LogP contribution in [0.4, 0.5) is 0 Å². The molecule has 0 bridgehead atoms. The number of rotatable bonds is 6. The molecule has 1 aliphatic rings. The van der Waals surface area contributed by atoms with Gasteiger partial charge in [-0.2, -0.15) is 0 Å². The predicted octanol–water partition coefficient (Wildman–Crippen LogP) is 3.95. The Bertz CT molecular complexity index is 799. The lowest BCUT2D eigenvalue weighted by molar-refractivity contribution is 0.0652. The molecule has 0 atom stereocenters. The second-order valence-corrected chi connectivity index (χ2v) is 6.56. The number of Topliss-reactive ketones (excluding diaryl/α,β-unsaturated/α-hetero) is 1. The van der Waals surface area contributed by atoms with Crippen molar-refractivity contribution in [2.45, 2.75) is 33.1 Å². The van der Waals surface area contributed by atoms with E-state index < -0.39 is 0 Å². The zero-order valence-electron chi connectivity index (χ0n) is 14.5. The van der Waals surface area contributed by atoms with E-state index in [1.54, 1.807) is 24.3 Å². The van der Waals surface area contributed by atoms with Crippen LogP contribution < -0.4 is 0 Å². The third kappa shape index (κ3) is 3.53. The van der Waals surface area contributed by atoms with Crippen molar-refractivity contribution in [3.63, 3.8) is 0 Å². The van der Waals surface area contributed by atoms with Crippen LogP contribution in [0.25, 0.3) is 0 Å². The van der Waals surface area contributed by atoms with Gasteiger partial charge in [0.15, 0.2) is 5.78 Å². The van der Waals surface area contributed by atoms with Crippen molar-refractivity contribution < 1.29 is 14.4 Å². The standard InChI is InChI=1S/C21H21NO3/c1-14-11-15(2)13-16(12-14)19(23)9-5-6-10-22-20(24)17-7-3-4-8-18(17)21(22)25/h3-4,7-8,11-13H,5-6,9-10H2,1-2H3. The lowest BCUT2D eigenvalue weighted by Crippen LogP contribution is -2.30. The molecule has 0 fully saturated rings. The van der Waals surface area contributed by atoms with Gasteiger partial charge in [0.1, 0.15) is 0 Å². The summed E-state index contributed by atoms with van der Waals surface area (Å²) in [6.07, 6.45) is 1.70. The Balaban J connectivity index is 1.53. The second-order valence-electron chi connectivity index (χ2n) is 6.56. The van der Waals surface area contributed by atoms with Crippen LogP contribution in [-0.2, 0) is 0 Å². The second kappa shape index (κ2) is 7.01. The maximum atomic E-state index is 12.3. The Morgan fingerprint density at radius 1 is 0.880 bits per heavy atom. The average Bonchev–Trinajstić information content (AvgIpc) is 2.82. The number of carbonyl (C=O) groups is 3. The predicted molar refractivity (Wildman–Crippen MR) is 95.9 cm³/mol. The first-order valence-electron chi connectivity index (χ1n) is 8.54. The van der Waals surface area contributed by atoms with Gasteiger partial charge in [0.05, 0.1) is 11.1 Å². The minimum Gasteiger partial charge on any atom is -0.294 e. The molecule has 0 N–H and O–H groups in total. The van der Waals surface area contributed by atoms with Gasteiger partial charge >= 0.3 is 0 Å². The SMILES string of the molecule is Cc1cc(C)cc(C(=O)CCCCN2C(=O)c3ccccc3C2=O)c1. The highest BCUT2D eigenvalue weighted by molar-refractivity contribution is 6.21. The largest absolute Gasteiger partial charge is 0.294 e. The normalized spacial score (nSPS) is 13.3. The van der Waals surface area contributed by atoms with Crippen molar-refractivity contribution in [3.8, 4) is 0 Å². The molecule has 2 amide bonds. The highest BCUT2D eigenvalue weighted by Gasteiger charge is 2.34. The summed E-state index contributed by atoms with van der Waals surface area (Å²) in [6.45, 7) is 4.31. The quantitative estimate of drug-likeness (QED) is 0.456. The molecular formula is C21H21NO3. The summed E-state index contributed by atoms with van der Waals surface area (Å²) >= 11 is 0. The fraction of sp³-hybridized carbons (Fsp3) is 0.286. The molecule has 0 saturated heterocycles. The Morgan fingerprint density at radius 3 is 2.00 bits per heavy atom. The van der Waals surface area contributed by atoms with Crippen molar-refractivity contribution in [2.75, 3.05) is 6.54 Å². The molecule has 0 aliphatic carbocycles. The van der Waals surface area contributed by atoms with E-state index in [2.05, 4.69) is 0 Å². The van der Waals surface area contributed by atoms with Crippen molar-refractivity contribution in [3.05, 3.63) is 70.3 Å². The van der Waals surface area contributed by atoms with E-state index in [0.717, 1.165) is 16.7 Å². The Hall–Kier alpha value is -2.75. The Kier molecular flexibility index (Phi) is 4.79. The van der Waals surface area contributed by atoms with Gasteiger partial charge in [-0.3, -0.25) is 19.3 Å². The molecule has 25 heavy (non-hydrogen) atoms. The molecule has 0 spiro atoms. The van der Waals surface area contributed by atoms with Crippen molar-refractivity contribution in [1.82, 2.24) is 4.90 Å². The van der Waals surface area contributed by atoms with Crippen LogP contribution >= 0.6 is 0 Å². The minimum atomic E-state index is -0.235. The van der Waals surface area contributed by atoms with Gasteiger partial charge in [-0.25, -0.2) is 0 Å². The number of imide groups is 1. The summed E-state index contributed by atoms with van der Waals surface area (Å²) in [6, 6.07) is 12.7. The lowest BCUT2D eigenvalue weighted by atomic mass is 10.0. The molecule has 3 rings (SSSR count). The highest BCUT2D eigenvalue weighted by atomic mass is 16.2. The number of carbonyl (C=O) groups excluding carboxylic acids is 3. The number of hydrogen-bond acceptors (Lipinski definition) is 3. The fourth-order valence-corrected chi connectivity index (χ4v) is 3.28. The molecule has 1 heterocycles. The van der Waals surface area contributed by atoms with Crippen LogP contribution in [0.2, 0.25) is 0 Å². The van der Waals surface area contributed by atoms with Crippen LogP contribution in [0.1, 0.15) is 61.5 Å². The van der Waals surface area contributed by atoms with Crippen molar-refractivity contribution >= 4 is 17.6 Å². The highest BCUT2D eigenvalue weighted by Crippen LogP contribution is 2.23. The molecule has 128 valence electrons. The van der Waals surface area contributed by atoms with Crippen LogP contribution in [0.5, 0.6) is 0 Å². The number of unbranched alkanes of at least 4 members (excludes halogenated alkanes) is 1. The Labute approximate surface area is 147 Å². The van der Waals surface area contributed by atoms with E-state index in [1.807, 2.05) is 32.0 Å². The zero-order chi connectivity index (χ0) is 18.0. The first kappa shape index (κ1) is 17.1. The first-order chi connectivity index (χ1) is 12.0. The molecule has 4 nitrogen and oxygen atoms in total. The fourth-order valence-electron chi connectivity index (χ4n) is 3.28. The molecular weight excluding hydrogens is 314 g/mol. The summed E-state index contributed by atoms with van der Waals surface area (Å²) in [7, 11) is 0.